The first-order valence-electron chi connectivity index (χ1n) is 4.09. The Morgan fingerprint density at radius 2 is 2.42 bits per heavy atom. The van der Waals surface area contributed by atoms with Gasteiger partial charge < -0.3 is 16.6 Å². The Morgan fingerprint density at radius 3 is 2.83 bits per heavy atom. The van der Waals surface area contributed by atoms with Gasteiger partial charge in [-0.25, -0.2) is 0 Å². The lowest BCUT2D eigenvalue weighted by Crippen LogP contribution is -2.47. The van der Waals surface area contributed by atoms with Crippen molar-refractivity contribution >= 4 is 5.97 Å². The number of carboxylic acid groups (broad SMARTS) is 1. The van der Waals surface area contributed by atoms with Crippen LogP contribution in [-0.2, 0) is 4.79 Å². The molecule has 0 saturated carbocycles. The van der Waals surface area contributed by atoms with Crippen molar-refractivity contribution in [3.63, 3.8) is 0 Å². The zero-order valence-electron chi connectivity index (χ0n) is 6.94. The second-order valence-corrected chi connectivity index (χ2v) is 3.15. The monoisotopic (exact) mass is 173 g/mol. The molecule has 0 aromatic carbocycles. The van der Waals surface area contributed by atoms with Crippen molar-refractivity contribution in [1.29, 1.82) is 0 Å². The summed E-state index contributed by atoms with van der Waals surface area (Å²) in [5, 5.41) is 8.54. The molecule has 0 spiro atoms. The number of likely N-dealkylation sites (tertiary alicyclic amines) is 1. The molecule has 5 nitrogen and oxygen atoms in total. The van der Waals surface area contributed by atoms with Crippen molar-refractivity contribution in [2.45, 2.75) is 25.0 Å². The van der Waals surface area contributed by atoms with E-state index in [1.165, 1.54) is 0 Å². The molecule has 70 valence electrons. The van der Waals surface area contributed by atoms with Crippen LogP contribution in [0.25, 0.3) is 0 Å². The maximum absolute atomic E-state index is 10.4. The molecule has 0 bridgehead atoms. The largest absolute Gasteiger partial charge is 0.480 e. The molecule has 0 aromatic heterocycles. The van der Waals surface area contributed by atoms with E-state index < -0.39 is 12.0 Å². The van der Waals surface area contributed by atoms with E-state index in [4.69, 9.17) is 16.6 Å². The van der Waals surface area contributed by atoms with E-state index in [1.54, 1.807) is 0 Å². The third kappa shape index (κ3) is 2.17. The van der Waals surface area contributed by atoms with E-state index in [9.17, 15) is 4.79 Å². The molecule has 1 unspecified atom stereocenters. The first kappa shape index (κ1) is 9.44. The summed E-state index contributed by atoms with van der Waals surface area (Å²) in [4.78, 5) is 12.3. The van der Waals surface area contributed by atoms with Gasteiger partial charge in [0.2, 0.25) is 0 Å². The normalized spacial score (nSPS) is 27.3. The lowest BCUT2D eigenvalue weighted by atomic mass is 10.3. The molecule has 5 heteroatoms. The number of aliphatic carboxylic acids is 1. The summed E-state index contributed by atoms with van der Waals surface area (Å²) in [6.45, 7) is 1.22. The van der Waals surface area contributed by atoms with Crippen LogP contribution in [0, 0.1) is 0 Å². The molecule has 1 saturated heterocycles. The summed E-state index contributed by atoms with van der Waals surface area (Å²) in [6.07, 6.45) is 1.97. The van der Waals surface area contributed by atoms with Gasteiger partial charge >= 0.3 is 5.97 Å². The van der Waals surface area contributed by atoms with Crippen LogP contribution in [0.5, 0.6) is 0 Å². The van der Waals surface area contributed by atoms with Gasteiger partial charge in [0.1, 0.15) is 6.04 Å². The predicted molar refractivity (Wildman–Crippen MR) is 44.4 cm³/mol. The van der Waals surface area contributed by atoms with Gasteiger partial charge in [0, 0.05) is 6.54 Å². The fourth-order valence-electron chi connectivity index (χ4n) is 1.41. The van der Waals surface area contributed by atoms with Crippen molar-refractivity contribution in [2.75, 3.05) is 13.1 Å². The van der Waals surface area contributed by atoms with Gasteiger partial charge in [0.15, 0.2) is 0 Å². The van der Waals surface area contributed by atoms with Crippen LogP contribution in [0.4, 0.5) is 0 Å². The Labute approximate surface area is 71.3 Å². The molecule has 1 heterocycles. The zero-order chi connectivity index (χ0) is 9.14. The van der Waals surface area contributed by atoms with E-state index in [2.05, 4.69) is 0 Å². The second kappa shape index (κ2) is 3.84. The molecule has 5 N–H and O–H groups in total. The minimum Gasteiger partial charge on any atom is -0.480 e. The molecule has 1 aliphatic rings. The number of carbonyl (C=O) groups is 1. The van der Waals surface area contributed by atoms with Gasteiger partial charge in [-0.3, -0.25) is 9.69 Å². The first-order chi connectivity index (χ1) is 5.61. The Hall–Kier alpha value is -0.650. The third-order valence-electron chi connectivity index (χ3n) is 2.16. The summed E-state index contributed by atoms with van der Waals surface area (Å²) >= 11 is 0. The Bertz CT molecular complexity index is 174. The van der Waals surface area contributed by atoms with Gasteiger partial charge in [-0.15, -0.1) is 0 Å². The number of hydrogen-bond donors (Lipinski definition) is 3. The number of rotatable bonds is 3. The standard InChI is InChI=1S/C7H15N3O2/c8-5(7(11)12)4-10-3-1-2-6(10)9/h5-6H,1-4,8-9H2,(H,11,12)/t5-,6?/m1/s1. The molecule has 1 aliphatic heterocycles. The summed E-state index contributed by atoms with van der Waals surface area (Å²) in [5.74, 6) is -0.964. The molecule has 0 aromatic rings. The number of hydrogen-bond acceptors (Lipinski definition) is 4. The van der Waals surface area contributed by atoms with Crippen molar-refractivity contribution < 1.29 is 9.90 Å². The van der Waals surface area contributed by atoms with Gasteiger partial charge in [0.05, 0.1) is 6.17 Å². The predicted octanol–water partition coefficient (Wildman–Crippen LogP) is -1.22. The van der Waals surface area contributed by atoms with Crippen LogP contribution in [-0.4, -0.2) is 41.3 Å². The van der Waals surface area contributed by atoms with Gasteiger partial charge in [-0.1, -0.05) is 0 Å². The quantitative estimate of drug-likeness (QED) is 0.497. The van der Waals surface area contributed by atoms with Crippen LogP contribution in [0.3, 0.4) is 0 Å². The van der Waals surface area contributed by atoms with Crippen LogP contribution in [0.15, 0.2) is 0 Å². The van der Waals surface area contributed by atoms with Crippen molar-refractivity contribution in [3.05, 3.63) is 0 Å². The third-order valence-corrected chi connectivity index (χ3v) is 2.16. The molecule has 0 radical (unpaired) electrons. The van der Waals surface area contributed by atoms with E-state index in [1.807, 2.05) is 4.90 Å². The minimum atomic E-state index is -0.964. The molecule has 1 fully saturated rings. The molecular weight excluding hydrogens is 158 g/mol. The van der Waals surface area contributed by atoms with Crippen molar-refractivity contribution in [2.24, 2.45) is 11.5 Å². The average molecular weight is 173 g/mol. The Balaban J connectivity index is 2.35. The number of nitrogens with two attached hydrogens (primary N) is 2. The lowest BCUT2D eigenvalue weighted by molar-refractivity contribution is -0.139. The van der Waals surface area contributed by atoms with Crippen LogP contribution < -0.4 is 11.5 Å². The highest BCUT2D eigenvalue weighted by molar-refractivity contribution is 5.73. The highest BCUT2D eigenvalue weighted by atomic mass is 16.4. The van der Waals surface area contributed by atoms with Crippen molar-refractivity contribution in [1.82, 2.24) is 4.90 Å². The van der Waals surface area contributed by atoms with Crippen LogP contribution in [0.2, 0.25) is 0 Å². The molecule has 0 amide bonds. The zero-order valence-corrected chi connectivity index (χ0v) is 6.94. The second-order valence-electron chi connectivity index (χ2n) is 3.15. The molecule has 12 heavy (non-hydrogen) atoms. The van der Waals surface area contributed by atoms with E-state index in [0.717, 1.165) is 19.4 Å². The van der Waals surface area contributed by atoms with E-state index >= 15 is 0 Å². The Morgan fingerprint density at radius 1 is 1.75 bits per heavy atom. The van der Waals surface area contributed by atoms with Crippen molar-refractivity contribution in [3.8, 4) is 0 Å². The fourth-order valence-corrected chi connectivity index (χ4v) is 1.41. The van der Waals surface area contributed by atoms with E-state index in [-0.39, 0.29) is 6.17 Å². The Kier molecular flexibility index (Phi) is 3.02. The van der Waals surface area contributed by atoms with Gasteiger partial charge in [-0.2, -0.15) is 0 Å². The van der Waals surface area contributed by atoms with Crippen LogP contribution >= 0.6 is 0 Å². The maximum Gasteiger partial charge on any atom is 0.321 e. The highest BCUT2D eigenvalue weighted by Crippen LogP contribution is 2.12. The lowest BCUT2D eigenvalue weighted by Gasteiger charge is -2.22. The molecule has 2 atom stereocenters. The van der Waals surface area contributed by atoms with Gasteiger partial charge in [-0.05, 0) is 19.4 Å². The smallest absolute Gasteiger partial charge is 0.321 e. The average Bonchev–Trinajstić information content (AvgIpc) is 2.36. The summed E-state index contributed by atoms with van der Waals surface area (Å²) in [5.41, 5.74) is 11.1. The molecular formula is C7H15N3O2. The van der Waals surface area contributed by atoms with E-state index in [0.29, 0.717) is 6.54 Å². The summed E-state index contributed by atoms with van der Waals surface area (Å²) in [7, 11) is 0. The maximum atomic E-state index is 10.4. The minimum absolute atomic E-state index is 0.00426. The number of nitrogens with zero attached hydrogens (tertiary/aromatic N) is 1. The van der Waals surface area contributed by atoms with Crippen LogP contribution in [0.1, 0.15) is 12.8 Å². The number of carboxylic acids is 1. The fraction of sp³-hybridized carbons (Fsp3) is 0.857. The van der Waals surface area contributed by atoms with Gasteiger partial charge in [0.25, 0.3) is 0 Å². The SMILES string of the molecule is NC1CCCN1C[C@@H](N)C(=O)O. The molecule has 1 rings (SSSR count). The topological polar surface area (TPSA) is 92.6 Å². The summed E-state index contributed by atoms with van der Waals surface area (Å²) < 4.78 is 0. The first-order valence-corrected chi connectivity index (χ1v) is 4.09. The summed E-state index contributed by atoms with van der Waals surface area (Å²) in [6, 6.07) is -0.811. The molecule has 0 aliphatic carbocycles. The highest BCUT2D eigenvalue weighted by Gasteiger charge is 2.24.